The Balaban J connectivity index is 2.35. The van der Waals surface area contributed by atoms with E-state index in [1.807, 2.05) is 6.92 Å². The zero-order chi connectivity index (χ0) is 25.3. The van der Waals surface area contributed by atoms with Crippen LogP contribution in [-0.2, 0) is 26.2 Å². The lowest BCUT2D eigenvalue weighted by Gasteiger charge is -2.31. The molecule has 0 saturated carbocycles. The molecule has 0 aliphatic rings. The van der Waals surface area contributed by atoms with E-state index in [2.05, 4.69) is 5.32 Å². The zero-order valence-electron chi connectivity index (χ0n) is 20.0. The van der Waals surface area contributed by atoms with Gasteiger partial charge in [0.2, 0.25) is 21.8 Å². The molecule has 10 heteroatoms. The van der Waals surface area contributed by atoms with Gasteiger partial charge < -0.3 is 15.0 Å². The number of hydrogen-bond donors (Lipinski definition) is 1. The maximum atomic E-state index is 13.5. The third-order valence-electron chi connectivity index (χ3n) is 5.31. The second-order valence-electron chi connectivity index (χ2n) is 7.91. The fourth-order valence-corrected chi connectivity index (χ4v) is 4.44. The summed E-state index contributed by atoms with van der Waals surface area (Å²) in [6.45, 7) is 3.77. The maximum Gasteiger partial charge on any atom is 0.244 e. The fourth-order valence-electron chi connectivity index (χ4n) is 3.30. The number of rotatable bonds is 12. The van der Waals surface area contributed by atoms with Gasteiger partial charge in [-0.2, -0.15) is 0 Å². The number of hydrogen-bond acceptors (Lipinski definition) is 5. The van der Waals surface area contributed by atoms with Crippen LogP contribution in [0.5, 0.6) is 5.75 Å². The second kappa shape index (κ2) is 12.6. The summed E-state index contributed by atoms with van der Waals surface area (Å²) in [7, 11) is -2.27. The molecule has 0 heterocycles. The lowest BCUT2D eigenvalue weighted by molar-refractivity contribution is -0.139. The molecule has 0 aromatic heterocycles. The van der Waals surface area contributed by atoms with Crippen molar-refractivity contribution in [2.45, 2.75) is 39.3 Å². The monoisotopic (exact) mass is 509 g/mol. The summed E-state index contributed by atoms with van der Waals surface area (Å²) in [5, 5.41) is 3.04. The zero-order valence-corrected chi connectivity index (χ0v) is 21.5. The van der Waals surface area contributed by atoms with E-state index in [1.165, 1.54) is 11.0 Å². The number of carbonyl (C=O) groups is 2. The molecule has 0 aliphatic heterocycles. The molecule has 1 N–H and O–H groups in total. The molecule has 0 unspecified atom stereocenters. The van der Waals surface area contributed by atoms with E-state index in [4.69, 9.17) is 16.3 Å². The molecular formula is C24H32ClN3O5S. The van der Waals surface area contributed by atoms with Crippen LogP contribution in [0.25, 0.3) is 0 Å². The quantitative estimate of drug-likeness (QED) is 0.442. The first-order valence-electron chi connectivity index (χ1n) is 11.0. The van der Waals surface area contributed by atoms with Gasteiger partial charge in [0, 0.05) is 13.1 Å². The molecule has 0 saturated heterocycles. The standard InChI is InChI=1S/C24H32ClN3O5S/c1-5-6-15-26-24(30)18(2)27(16-19-11-13-20(33-3)14-12-19)23(29)17-28(34(4,31)32)22-10-8-7-9-21(22)25/h7-14,18H,5-6,15-17H2,1-4H3,(H,26,30)/t18-/m1/s1. The molecule has 0 fully saturated rings. The minimum absolute atomic E-state index is 0.116. The Morgan fingerprint density at radius 2 is 1.76 bits per heavy atom. The maximum absolute atomic E-state index is 13.5. The van der Waals surface area contributed by atoms with Crippen molar-refractivity contribution < 1.29 is 22.7 Å². The molecule has 2 rings (SSSR count). The molecule has 0 bridgehead atoms. The van der Waals surface area contributed by atoms with Crippen LogP contribution >= 0.6 is 11.6 Å². The molecular weight excluding hydrogens is 478 g/mol. The lowest BCUT2D eigenvalue weighted by atomic mass is 10.1. The highest BCUT2D eigenvalue weighted by molar-refractivity contribution is 7.92. The summed E-state index contributed by atoms with van der Waals surface area (Å²) in [5.41, 5.74) is 0.968. The summed E-state index contributed by atoms with van der Waals surface area (Å²) in [5.74, 6) is -0.174. The molecule has 1 atom stereocenters. The van der Waals surface area contributed by atoms with E-state index in [0.717, 1.165) is 29.0 Å². The Hall–Kier alpha value is -2.78. The van der Waals surface area contributed by atoms with Gasteiger partial charge in [-0.3, -0.25) is 13.9 Å². The van der Waals surface area contributed by atoms with E-state index in [1.54, 1.807) is 56.5 Å². The van der Waals surface area contributed by atoms with Gasteiger partial charge >= 0.3 is 0 Å². The number of carbonyl (C=O) groups excluding carboxylic acids is 2. The summed E-state index contributed by atoms with van der Waals surface area (Å²) in [6, 6.07) is 12.7. The van der Waals surface area contributed by atoms with Crippen LogP contribution in [0, 0.1) is 0 Å². The number of unbranched alkanes of at least 4 members (excludes halogenated alkanes) is 1. The smallest absolute Gasteiger partial charge is 0.244 e. The molecule has 0 spiro atoms. The molecule has 2 aromatic carbocycles. The van der Waals surface area contributed by atoms with E-state index < -0.39 is 28.5 Å². The van der Waals surface area contributed by atoms with Crippen molar-refractivity contribution in [1.29, 1.82) is 0 Å². The summed E-state index contributed by atoms with van der Waals surface area (Å²) < 4.78 is 31.2. The lowest BCUT2D eigenvalue weighted by Crippen LogP contribution is -2.51. The molecule has 0 radical (unpaired) electrons. The van der Waals surface area contributed by atoms with Crippen LogP contribution in [0.2, 0.25) is 5.02 Å². The summed E-state index contributed by atoms with van der Waals surface area (Å²) >= 11 is 6.22. The van der Waals surface area contributed by atoms with Crippen LogP contribution < -0.4 is 14.4 Å². The van der Waals surface area contributed by atoms with Crippen LogP contribution in [0.3, 0.4) is 0 Å². The number of methoxy groups -OCH3 is 1. The minimum Gasteiger partial charge on any atom is -0.497 e. The SMILES string of the molecule is CCCCNC(=O)[C@@H](C)N(Cc1ccc(OC)cc1)C(=O)CN(c1ccccc1Cl)S(C)(=O)=O. The van der Waals surface area contributed by atoms with Gasteiger partial charge in [-0.25, -0.2) is 8.42 Å². The Morgan fingerprint density at radius 3 is 2.32 bits per heavy atom. The van der Waals surface area contributed by atoms with E-state index in [-0.39, 0.29) is 23.2 Å². The van der Waals surface area contributed by atoms with Crippen molar-refractivity contribution in [2.24, 2.45) is 0 Å². The predicted molar refractivity (Wildman–Crippen MR) is 135 cm³/mol. The summed E-state index contributed by atoms with van der Waals surface area (Å²) in [4.78, 5) is 27.6. The first kappa shape index (κ1) is 27.5. The van der Waals surface area contributed by atoms with Gasteiger partial charge in [0.25, 0.3) is 0 Å². The van der Waals surface area contributed by atoms with Crippen molar-refractivity contribution >= 4 is 39.1 Å². The number of benzene rings is 2. The van der Waals surface area contributed by atoms with Crippen LogP contribution in [-0.4, -0.2) is 57.6 Å². The van der Waals surface area contributed by atoms with Crippen LogP contribution in [0.15, 0.2) is 48.5 Å². The largest absolute Gasteiger partial charge is 0.497 e. The van der Waals surface area contributed by atoms with Crippen LogP contribution in [0.1, 0.15) is 32.3 Å². The van der Waals surface area contributed by atoms with Crippen molar-refractivity contribution in [2.75, 3.05) is 30.8 Å². The number of halogens is 1. The van der Waals surface area contributed by atoms with E-state index in [0.29, 0.717) is 12.3 Å². The van der Waals surface area contributed by atoms with Gasteiger partial charge in [-0.1, -0.05) is 49.2 Å². The van der Waals surface area contributed by atoms with Crippen LogP contribution in [0.4, 0.5) is 5.69 Å². The predicted octanol–water partition coefficient (Wildman–Crippen LogP) is 3.45. The highest BCUT2D eigenvalue weighted by Crippen LogP contribution is 2.27. The third-order valence-corrected chi connectivity index (χ3v) is 6.76. The van der Waals surface area contributed by atoms with E-state index >= 15 is 0 Å². The number of ether oxygens (including phenoxy) is 1. The van der Waals surface area contributed by atoms with Gasteiger partial charge in [0.05, 0.1) is 24.1 Å². The van der Waals surface area contributed by atoms with Crippen molar-refractivity contribution in [1.82, 2.24) is 10.2 Å². The first-order chi connectivity index (χ1) is 16.1. The number of nitrogens with zero attached hydrogens (tertiary/aromatic N) is 2. The van der Waals surface area contributed by atoms with Gasteiger partial charge in [-0.15, -0.1) is 0 Å². The van der Waals surface area contributed by atoms with Gasteiger partial charge in [0.15, 0.2) is 0 Å². The number of para-hydroxylation sites is 1. The minimum atomic E-state index is -3.83. The summed E-state index contributed by atoms with van der Waals surface area (Å²) in [6.07, 6.45) is 2.75. The molecule has 8 nitrogen and oxygen atoms in total. The Bertz CT molecular complexity index is 1080. The third kappa shape index (κ3) is 7.63. The Kier molecular flexibility index (Phi) is 10.2. The number of amides is 2. The van der Waals surface area contributed by atoms with Crippen molar-refractivity contribution in [3.8, 4) is 5.75 Å². The normalized spacial score (nSPS) is 12.0. The van der Waals surface area contributed by atoms with Gasteiger partial charge in [-0.05, 0) is 43.2 Å². The molecule has 34 heavy (non-hydrogen) atoms. The second-order valence-corrected chi connectivity index (χ2v) is 10.2. The first-order valence-corrected chi connectivity index (χ1v) is 13.2. The Morgan fingerprint density at radius 1 is 1.12 bits per heavy atom. The molecule has 2 aromatic rings. The van der Waals surface area contributed by atoms with E-state index in [9.17, 15) is 18.0 Å². The Labute approximate surface area is 206 Å². The van der Waals surface area contributed by atoms with Gasteiger partial charge in [0.1, 0.15) is 18.3 Å². The molecule has 2 amide bonds. The fraction of sp³-hybridized carbons (Fsp3) is 0.417. The average Bonchev–Trinajstić information content (AvgIpc) is 2.80. The number of nitrogens with one attached hydrogen (secondary N) is 1. The highest BCUT2D eigenvalue weighted by atomic mass is 35.5. The topological polar surface area (TPSA) is 96.0 Å². The number of sulfonamides is 1. The number of anilines is 1. The van der Waals surface area contributed by atoms with Crippen molar-refractivity contribution in [3.05, 3.63) is 59.1 Å². The van der Waals surface area contributed by atoms with Crippen molar-refractivity contribution in [3.63, 3.8) is 0 Å². The molecule has 186 valence electrons. The molecule has 0 aliphatic carbocycles. The average molecular weight is 510 g/mol. The highest BCUT2D eigenvalue weighted by Gasteiger charge is 2.30.